The van der Waals surface area contributed by atoms with E-state index in [2.05, 4.69) is 9.97 Å². The minimum absolute atomic E-state index is 0.0769. The van der Waals surface area contributed by atoms with Crippen molar-refractivity contribution in [3.8, 4) is 0 Å². The van der Waals surface area contributed by atoms with Gasteiger partial charge in [-0.1, -0.05) is 13.8 Å². The summed E-state index contributed by atoms with van der Waals surface area (Å²) in [5.41, 5.74) is 2.08. The minimum atomic E-state index is -0.748. The van der Waals surface area contributed by atoms with Crippen LogP contribution in [0.5, 0.6) is 0 Å². The molecule has 1 heterocycles. The molecule has 1 aliphatic rings. The summed E-state index contributed by atoms with van der Waals surface area (Å²) in [7, 11) is 0. The second-order valence-corrected chi connectivity index (χ2v) is 4.63. The molecule has 0 spiro atoms. The van der Waals surface area contributed by atoms with Crippen LogP contribution in [0.15, 0.2) is 6.20 Å². The molecule has 1 aliphatic carbocycles. The van der Waals surface area contributed by atoms with Gasteiger partial charge >= 0.3 is 5.97 Å². The predicted octanol–water partition coefficient (Wildman–Crippen LogP) is 2.10. The van der Waals surface area contributed by atoms with Crippen molar-refractivity contribution in [1.29, 1.82) is 0 Å². The molecule has 1 atom stereocenters. The average Bonchev–Trinajstić information content (AvgIpc) is 2.60. The summed E-state index contributed by atoms with van der Waals surface area (Å²) in [6.07, 6.45) is 3.84. The molecular weight excluding hydrogens is 204 g/mol. The van der Waals surface area contributed by atoms with Crippen LogP contribution >= 0.6 is 0 Å². The van der Waals surface area contributed by atoms with E-state index in [0.29, 0.717) is 0 Å². The lowest BCUT2D eigenvalue weighted by Crippen LogP contribution is -2.07. The zero-order chi connectivity index (χ0) is 11.7. The van der Waals surface area contributed by atoms with Gasteiger partial charge in [-0.15, -0.1) is 0 Å². The number of aromatic nitrogens is 2. The van der Waals surface area contributed by atoms with Gasteiger partial charge in [-0.2, -0.15) is 0 Å². The normalized spacial score (nSPS) is 18.8. The number of nitrogens with zero attached hydrogens (tertiary/aromatic N) is 2. The monoisotopic (exact) mass is 220 g/mol. The van der Waals surface area contributed by atoms with Crippen molar-refractivity contribution in [2.24, 2.45) is 0 Å². The van der Waals surface area contributed by atoms with E-state index in [0.717, 1.165) is 29.9 Å². The Kier molecular flexibility index (Phi) is 2.90. The topological polar surface area (TPSA) is 63.1 Å². The number of fused-ring (bicyclic) bond motifs is 1. The van der Waals surface area contributed by atoms with Crippen molar-refractivity contribution in [2.45, 2.75) is 44.9 Å². The van der Waals surface area contributed by atoms with Gasteiger partial charge in [0, 0.05) is 18.0 Å². The van der Waals surface area contributed by atoms with Gasteiger partial charge < -0.3 is 5.11 Å². The van der Waals surface area contributed by atoms with Crippen LogP contribution in [0.3, 0.4) is 0 Å². The fraction of sp³-hybridized carbons (Fsp3) is 0.583. The Labute approximate surface area is 94.7 Å². The van der Waals surface area contributed by atoms with Crippen LogP contribution in [0.1, 0.15) is 55.6 Å². The molecule has 16 heavy (non-hydrogen) atoms. The third-order valence-corrected chi connectivity index (χ3v) is 3.00. The lowest BCUT2D eigenvalue weighted by Gasteiger charge is -2.10. The van der Waals surface area contributed by atoms with Gasteiger partial charge in [0.25, 0.3) is 0 Å². The summed E-state index contributed by atoms with van der Waals surface area (Å²) < 4.78 is 0. The van der Waals surface area contributed by atoms with E-state index in [1.807, 2.05) is 20.0 Å². The fourth-order valence-corrected chi connectivity index (χ4v) is 2.13. The molecule has 0 saturated carbocycles. The highest BCUT2D eigenvalue weighted by Gasteiger charge is 2.27. The molecule has 4 nitrogen and oxygen atoms in total. The highest BCUT2D eigenvalue weighted by Crippen LogP contribution is 2.34. The van der Waals surface area contributed by atoms with E-state index in [9.17, 15) is 4.79 Å². The summed E-state index contributed by atoms with van der Waals surface area (Å²) >= 11 is 0. The van der Waals surface area contributed by atoms with Crippen molar-refractivity contribution in [3.05, 3.63) is 23.3 Å². The molecular formula is C12H16N2O2. The van der Waals surface area contributed by atoms with Gasteiger partial charge in [0.15, 0.2) is 0 Å². The Hall–Kier alpha value is -1.45. The van der Waals surface area contributed by atoms with E-state index < -0.39 is 5.97 Å². The number of aliphatic carboxylic acids is 1. The number of carbonyl (C=O) groups is 1. The van der Waals surface area contributed by atoms with Crippen LogP contribution < -0.4 is 0 Å². The van der Waals surface area contributed by atoms with Crippen LogP contribution in [0.2, 0.25) is 0 Å². The Morgan fingerprint density at radius 3 is 3.00 bits per heavy atom. The Balaban J connectivity index is 2.29. The molecule has 86 valence electrons. The van der Waals surface area contributed by atoms with Crippen molar-refractivity contribution in [2.75, 3.05) is 0 Å². The first-order valence-electron chi connectivity index (χ1n) is 5.65. The Morgan fingerprint density at radius 1 is 1.62 bits per heavy atom. The molecule has 0 bridgehead atoms. The summed E-state index contributed by atoms with van der Waals surface area (Å²) in [5.74, 6) is 0.433. The summed E-state index contributed by atoms with van der Waals surface area (Å²) in [6.45, 7) is 4.09. The highest BCUT2D eigenvalue weighted by atomic mass is 16.4. The molecule has 0 saturated heterocycles. The van der Waals surface area contributed by atoms with Crippen LogP contribution in [0, 0.1) is 0 Å². The van der Waals surface area contributed by atoms with Crippen molar-refractivity contribution in [3.63, 3.8) is 0 Å². The van der Waals surface area contributed by atoms with E-state index in [1.165, 1.54) is 0 Å². The number of carboxylic acids is 1. The second kappa shape index (κ2) is 4.20. The Morgan fingerprint density at radius 2 is 2.38 bits per heavy atom. The first-order chi connectivity index (χ1) is 7.58. The smallest absolute Gasteiger partial charge is 0.304 e. The number of carboxylic acid groups (broad SMARTS) is 1. The molecule has 1 unspecified atom stereocenters. The average molecular weight is 220 g/mol. The van der Waals surface area contributed by atoms with Crippen molar-refractivity contribution >= 4 is 5.97 Å². The summed E-state index contributed by atoms with van der Waals surface area (Å²) in [4.78, 5) is 19.6. The summed E-state index contributed by atoms with van der Waals surface area (Å²) in [5, 5.41) is 8.83. The van der Waals surface area contributed by atoms with Gasteiger partial charge in [-0.05, 0) is 18.4 Å². The maximum absolute atomic E-state index is 10.7. The van der Waals surface area contributed by atoms with Crippen LogP contribution in [0.4, 0.5) is 0 Å². The SMILES string of the molecule is CC(C)c1ncc2c(n1)C(CC(=O)O)CC2. The molecule has 0 radical (unpaired) electrons. The van der Waals surface area contributed by atoms with E-state index in [-0.39, 0.29) is 18.3 Å². The largest absolute Gasteiger partial charge is 0.481 e. The molecule has 1 N–H and O–H groups in total. The molecule has 0 fully saturated rings. The quantitative estimate of drug-likeness (QED) is 0.847. The van der Waals surface area contributed by atoms with Crippen molar-refractivity contribution < 1.29 is 9.90 Å². The molecule has 1 aromatic rings. The lowest BCUT2D eigenvalue weighted by atomic mass is 10.0. The van der Waals surface area contributed by atoms with E-state index in [4.69, 9.17) is 5.11 Å². The fourth-order valence-electron chi connectivity index (χ4n) is 2.13. The number of aryl methyl sites for hydroxylation is 1. The molecule has 0 aromatic carbocycles. The van der Waals surface area contributed by atoms with Crippen LogP contribution in [-0.2, 0) is 11.2 Å². The molecule has 1 aromatic heterocycles. The van der Waals surface area contributed by atoms with Crippen molar-refractivity contribution in [1.82, 2.24) is 9.97 Å². The number of hydrogen-bond donors (Lipinski definition) is 1. The maximum atomic E-state index is 10.7. The lowest BCUT2D eigenvalue weighted by molar-refractivity contribution is -0.137. The van der Waals surface area contributed by atoms with Gasteiger partial charge in [0.05, 0.1) is 12.1 Å². The van der Waals surface area contributed by atoms with E-state index >= 15 is 0 Å². The maximum Gasteiger partial charge on any atom is 0.304 e. The molecule has 2 rings (SSSR count). The Bertz CT molecular complexity index is 415. The molecule has 0 aliphatic heterocycles. The molecule has 0 amide bonds. The summed E-state index contributed by atoms with van der Waals surface area (Å²) in [6, 6.07) is 0. The van der Waals surface area contributed by atoms with Gasteiger partial charge in [-0.25, -0.2) is 9.97 Å². The molecule has 4 heteroatoms. The van der Waals surface area contributed by atoms with Gasteiger partial charge in [-0.3, -0.25) is 4.79 Å². The second-order valence-electron chi connectivity index (χ2n) is 4.63. The first kappa shape index (κ1) is 11.0. The van der Waals surface area contributed by atoms with Crippen LogP contribution in [-0.4, -0.2) is 21.0 Å². The van der Waals surface area contributed by atoms with Gasteiger partial charge in [0.1, 0.15) is 5.82 Å². The number of rotatable bonds is 3. The van der Waals surface area contributed by atoms with E-state index in [1.54, 1.807) is 0 Å². The zero-order valence-corrected chi connectivity index (χ0v) is 9.60. The predicted molar refractivity (Wildman–Crippen MR) is 59.4 cm³/mol. The third-order valence-electron chi connectivity index (χ3n) is 3.00. The number of hydrogen-bond acceptors (Lipinski definition) is 3. The van der Waals surface area contributed by atoms with Gasteiger partial charge in [0.2, 0.25) is 0 Å². The van der Waals surface area contributed by atoms with Crippen LogP contribution in [0.25, 0.3) is 0 Å². The zero-order valence-electron chi connectivity index (χ0n) is 9.60. The standard InChI is InChI=1S/C12H16N2O2/c1-7(2)12-13-6-9-4-3-8(5-10(15)16)11(9)14-12/h6-8H,3-5H2,1-2H3,(H,15,16). The third kappa shape index (κ3) is 2.05. The highest BCUT2D eigenvalue weighted by molar-refractivity contribution is 5.68. The minimum Gasteiger partial charge on any atom is -0.481 e. The first-order valence-corrected chi connectivity index (χ1v) is 5.65.